The predicted molar refractivity (Wildman–Crippen MR) is 85.0 cm³/mol. The number of amides is 1. The van der Waals surface area contributed by atoms with Crippen LogP contribution in [0.1, 0.15) is 51.1 Å². The maximum Gasteiger partial charge on any atom is 0.254 e. The van der Waals surface area contributed by atoms with E-state index in [2.05, 4.69) is 26.0 Å². The van der Waals surface area contributed by atoms with Crippen molar-refractivity contribution in [2.75, 3.05) is 13.7 Å². The average molecular weight is 289 g/mol. The van der Waals surface area contributed by atoms with Gasteiger partial charge >= 0.3 is 0 Å². The first-order chi connectivity index (χ1) is 10.2. The summed E-state index contributed by atoms with van der Waals surface area (Å²) in [7, 11) is 1.63. The molecule has 3 heteroatoms. The zero-order valence-corrected chi connectivity index (χ0v) is 13.4. The van der Waals surface area contributed by atoms with E-state index < -0.39 is 0 Å². The molecule has 3 atom stereocenters. The van der Waals surface area contributed by atoms with Crippen LogP contribution in [0.5, 0.6) is 0 Å². The number of rotatable bonds is 8. The fourth-order valence-corrected chi connectivity index (χ4v) is 3.15. The van der Waals surface area contributed by atoms with Gasteiger partial charge in [-0.15, -0.1) is 0 Å². The second kappa shape index (κ2) is 7.60. The van der Waals surface area contributed by atoms with E-state index in [1.54, 1.807) is 7.11 Å². The third-order valence-corrected chi connectivity index (χ3v) is 4.54. The molecule has 1 aliphatic rings. The highest BCUT2D eigenvalue weighted by atomic mass is 16.5. The van der Waals surface area contributed by atoms with Gasteiger partial charge in [0, 0.05) is 13.7 Å². The molecule has 1 fully saturated rings. The van der Waals surface area contributed by atoms with Crippen LogP contribution in [0.2, 0.25) is 0 Å². The number of nitrogens with zero attached hydrogens (tertiary/aromatic N) is 1. The summed E-state index contributed by atoms with van der Waals surface area (Å²) in [4.78, 5) is 14.3. The topological polar surface area (TPSA) is 29.5 Å². The summed E-state index contributed by atoms with van der Waals surface area (Å²) < 4.78 is 5.40. The number of ether oxygens (including phenoxy) is 1. The molecule has 0 saturated carbocycles. The number of hydrogen-bond acceptors (Lipinski definition) is 2. The van der Waals surface area contributed by atoms with Crippen molar-refractivity contribution < 1.29 is 9.53 Å². The van der Waals surface area contributed by atoms with Gasteiger partial charge in [0.1, 0.15) is 0 Å². The molecule has 1 heterocycles. The van der Waals surface area contributed by atoms with Crippen LogP contribution in [0.4, 0.5) is 0 Å². The minimum absolute atomic E-state index is 0.0828. The van der Waals surface area contributed by atoms with Crippen molar-refractivity contribution in [2.45, 2.75) is 51.7 Å². The number of β-lactam (4-membered cyclic amide) rings is 1. The molecule has 0 radical (unpaired) electrons. The van der Waals surface area contributed by atoms with Crippen molar-refractivity contribution in [1.29, 1.82) is 0 Å². The lowest BCUT2D eigenvalue weighted by Crippen LogP contribution is -2.60. The van der Waals surface area contributed by atoms with Crippen LogP contribution in [-0.4, -0.2) is 30.6 Å². The summed E-state index contributed by atoms with van der Waals surface area (Å²) in [6.07, 6.45) is 4.48. The Kier molecular flexibility index (Phi) is 5.80. The molecule has 0 aromatic heterocycles. The van der Waals surface area contributed by atoms with Gasteiger partial charge in [-0.25, -0.2) is 0 Å². The largest absolute Gasteiger partial charge is 0.369 e. The van der Waals surface area contributed by atoms with E-state index in [1.165, 1.54) is 24.8 Å². The van der Waals surface area contributed by atoms with Crippen molar-refractivity contribution in [2.24, 2.45) is 5.92 Å². The Labute approximate surface area is 128 Å². The maximum absolute atomic E-state index is 12.3. The van der Waals surface area contributed by atoms with Gasteiger partial charge in [0.2, 0.25) is 0 Å². The Bertz CT molecular complexity index is 446. The van der Waals surface area contributed by atoms with E-state index in [9.17, 15) is 4.79 Å². The number of benzene rings is 1. The summed E-state index contributed by atoms with van der Waals surface area (Å²) in [5.41, 5.74) is 1.18. The second-order valence-electron chi connectivity index (χ2n) is 5.92. The van der Waals surface area contributed by atoms with Crippen molar-refractivity contribution in [3.05, 3.63) is 35.9 Å². The quantitative estimate of drug-likeness (QED) is 0.681. The molecular weight excluding hydrogens is 262 g/mol. The maximum atomic E-state index is 12.3. The van der Waals surface area contributed by atoms with Crippen LogP contribution >= 0.6 is 0 Å². The van der Waals surface area contributed by atoms with Gasteiger partial charge in [-0.1, -0.05) is 63.4 Å². The molecule has 0 aliphatic carbocycles. The smallest absolute Gasteiger partial charge is 0.254 e. The lowest BCUT2D eigenvalue weighted by Gasteiger charge is -2.47. The predicted octanol–water partition coefficient (Wildman–Crippen LogP) is 3.80. The Morgan fingerprint density at radius 2 is 1.95 bits per heavy atom. The third kappa shape index (κ3) is 3.46. The zero-order valence-electron chi connectivity index (χ0n) is 13.4. The molecule has 1 amide bonds. The molecule has 21 heavy (non-hydrogen) atoms. The third-order valence-electron chi connectivity index (χ3n) is 4.54. The number of methoxy groups -OCH3 is 1. The summed E-state index contributed by atoms with van der Waals surface area (Å²) in [5, 5.41) is 0. The summed E-state index contributed by atoms with van der Waals surface area (Å²) in [6, 6.07) is 10.3. The molecule has 116 valence electrons. The van der Waals surface area contributed by atoms with Crippen LogP contribution in [0.15, 0.2) is 30.3 Å². The fourth-order valence-electron chi connectivity index (χ4n) is 3.15. The molecule has 0 spiro atoms. The number of carbonyl (C=O) groups excluding carboxylic acids is 1. The van der Waals surface area contributed by atoms with E-state index in [0.29, 0.717) is 5.92 Å². The lowest BCUT2D eigenvalue weighted by molar-refractivity contribution is -0.172. The first-order valence-corrected chi connectivity index (χ1v) is 8.11. The molecule has 0 N–H and O–H groups in total. The van der Waals surface area contributed by atoms with Crippen molar-refractivity contribution in [3.63, 3.8) is 0 Å². The van der Waals surface area contributed by atoms with Gasteiger partial charge < -0.3 is 9.64 Å². The Balaban J connectivity index is 2.08. The summed E-state index contributed by atoms with van der Waals surface area (Å²) in [6.45, 7) is 5.29. The highest BCUT2D eigenvalue weighted by Gasteiger charge is 2.48. The lowest BCUT2D eigenvalue weighted by atomic mass is 9.88. The number of carbonyl (C=O) groups is 1. The molecule has 1 aromatic rings. The van der Waals surface area contributed by atoms with E-state index in [4.69, 9.17) is 4.74 Å². The van der Waals surface area contributed by atoms with E-state index in [-0.39, 0.29) is 18.1 Å². The Hall–Kier alpha value is -1.35. The van der Waals surface area contributed by atoms with E-state index in [0.717, 1.165) is 13.0 Å². The van der Waals surface area contributed by atoms with E-state index >= 15 is 0 Å². The van der Waals surface area contributed by atoms with Crippen LogP contribution in [-0.2, 0) is 9.53 Å². The van der Waals surface area contributed by atoms with Gasteiger partial charge in [-0.05, 0) is 17.9 Å². The van der Waals surface area contributed by atoms with Gasteiger partial charge in [0.25, 0.3) is 5.91 Å². The van der Waals surface area contributed by atoms with Crippen molar-refractivity contribution in [3.8, 4) is 0 Å². The molecule has 0 bridgehead atoms. The summed E-state index contributed by atoms with van der Waals surface area (Å²) in [5.74, 6) is 0.735. The monoisotopic (exact) mass is 289 g/mol. The highest BCUT2D eigenvalue weighted by Crippen LogP contribution is 2.37. The zero-order chi connectivity index (χ0) is 15.2. The van der Waals surface area contributed by atoms with Crippen molar-refractivity contribution >= 4 is 5.91 Å². The van der Waals surface area contributed by atoms with Gasteiger partial charge in [-0.2, -0.15) is 0 Å². The molecule has 1 aromatic carbocycles. The Morgan fingerprint density at radius 3 is 2.52 bits per heavy atom. The first kappa shape index (κ1) is 16.0. The SMILES string of the molecule is CCCCC(CC)CN1C(=O)[C@H](OC)[C@@H]1c1ccccc1. The minimum Gasteiger partial charge on any atom is -0.369 e. The molecule has 1 aliphatic heterocycles. The first-order valence-electron chi connectivity index (χ1n) is 8.11. The molecule has 1 saturated heterocycles. The second-order valence-corrected chi connectivity index (χ2v) is 5.92. The highest BCUT2D eigenvalue weighted by molar-refractivity contribution is 5.89. The van der Waals surface area contributed by atoms with Crippen LogP contribution in [0, 0.1) is 5.92 Å². The molecule has 2 rings (SSSR count). The van der Waals surface area contributed by atoms with E-state index in [1.807, 2.05) is 23.1 Å². The Morgan fingerprint density at radius 1 is 1.24 bits per heavy atom. The minimum atomic E-state index is -0.309. The molecule has 1 unspecified atom stereocenters. The van der Waals surface area contributed by atoms with Gasteiger partial charge in [-0.3, -0.25) is 4.79 Å². The number of unbranched alkanes of at least 4 members (excludes halogenated alkanes) is 1. The molecule has 3 nitrogen and oxygen atoms in total. The van der Waals surface area contributed by atoms with Crippen LogP contribution in [0.3, 0.4) is 0 Å². The number of likely N-dealkylation sites (tertiary alicyclic amines) is 1. The average Bonchev–Trinajstić information content (AvgIpc) is 2.53. The number of hydrogen-bond donors (Lipinski definition) is 0. The molecular formula is C18H27NO2. The summed E-state index contributed by atoms with van der Waals surface area (Å²) >= 11 is 0. The van der Waals surface area contributed by atoms with Crippen LogP contribution < -0.4 is 0 Å². The standard InChI is InChI=1S/C18H27NO2/c1-4-6-10-14(5-2)13-19-16(17(21-3)18(19)20)15-11-8-7-9-12-15/h7-9,11-12,14,16-17H,4-6,10,13H2,1-3H3/t14?,16-,17+/m0/s1. The fraction of sp³-hybridized carbons (Fsp3) is 0.611. The van der Waals surface area contributed by atoms with Crippen LogP contribution in [0.25, 0.3) is 0 Å². The van der Waals surface area contributed by atoms with Crippen molar-refractivity contribution in [1.82, 2.24) is 4.90 Å². The van der Waals surface area contributed by atoms with Gasteiger partial charge in [0.05, 0.1) is 6.04 Å². The normalized spacial score (nSPS) is 23.0. The van der Waals surface area contributed by atoms with Gasteiger partial charge in [0.15, 0.2) is 6.10 Å².